The van der Waals surface area contributed by atoms with Gasteiger partial charge in [0.15, 0.2) is 11.7 Å². The molecule has 0 saturated carbocycles. The lowest BCUT2D eigenvalue weighted by Crippen LogP contribution is -2.21. The summed E-state index contributed by atoms with van der Waals surface area (Å²) in [5.41, 5.74) is 1.18. The van der Waals surface area contributed by atoms with Gasteiger partial charge >= 0.3 is 5.97 Å². The number of ether oxygens (including phenoxy) is 1. The number of fused-ring (bicyclic) bond motifs is 1. The molecule has 1 heterocycles. The third-order valence-corrected chi connectivity index (χ3v) is 6.58. The van der Waals surface area contributed by atoms with E-state index in [2.05, 4.69) is 16.4 Å². The molecule has 1 aromatic heterocycles. The van der Waals surface area contributed by atoms with E-state index in [-0.39, 0.29) is 16.4 Å². The summed E-state index contributed by atoms with van der Waals surface area (Å²) in [6.07, 6.45) is 0. The van der Waals surface area contributed by atoms with E-state index in [1.807, 2.05) is 0 Å². The fourth-order valence-electron chi connectivity index (χ4n) is 2.94. The smallest absolute Gasteiger partial charge is 0.339 e. The highest BCUT2D eigenvalue weighted by Crippen LogP contribution is 2.33. The number of hydrogen-bond acceptors (Lipinski definition) is 9. The minimum Gasteiger partial charge on any atom is -0.452 e. The van der Waals surface area contributed by atoms with Crippen molar-refractivity contribution in [1.82, 2.24) is 4.98 Å². The van der Waals surface area contributed by atoms with E-state index in [1.54, 1.807) is 48.5 Å². The van der Waals surface area contributed by atoms with Crippen molar-refractivity contribution in [2.24, 2.45) is 0 Å². The van der Waals surface area contributed by atoms with Gasteiger partial charge in [-0.25, -0.2) is 9.78 Å². The zero-order valence-corrected chi connectivity index (χ0v) is 18.9. The van der Waals surface area contributed by atoms with Crippen molar-refractivity contribution in [2.75, 3.05) is 11.9 Å². The number of hydrogen-bond donors (Lipinski definition) is 1. The van der Waals surface area contributed by atoms with Crippen LogP contribution in [-0.2, 0) is 9.53 Å². The first-order valence-electron chi connectivity index (χ1n) is 9.72. The molecule has 0 spiro atoms. The first-order chi connectivity index (χ1) is 16.4. The summed E-state index contributed by atoms with van der Waals surface area (Å²) in [5.74, 6) is -1.28. The molecule has 1 N–H and O–H groups in total. The zero-order chi connectivity index (χ0) is 24.1. The van der Waals surface area contributed by atoms with Crippen molar-refractivity contribution in [3.63, 3.8) is 0 Å². The Labute approximate surface area is 201 Å². The van der Waals surface area contributed by atoms with Gasteiger partial charge in [0.1, 0.15) is 6.07 Å². The second-order valence-electron chi connectivity index (χ2n) is 6.76. The van der Waals surface area contributed by atoms with Crippen LogP contribution < -0.4 is 5.32 Å². The van der Waals surface area contributed by atoms with Gasteiger partial charge in [-0.05, 0) is 30.3 Å². The molecule has 34 heavy (non-hydrogen) atoms. The summed E-state index contributed by atoms with van der Waals surface area (Å²) in [6, 6.07) is 20.1. The third-order valence-electron chi connectivity index (χ3n) is 4.50. The molecule has 0 aliphatic heterocycles. The minimum absolute atomic E-state index is 0.0723. The van der Waals surface area contributed by atoms with Crippen LogP contribution in [0.5, 0.6) is 0 Å². The highest BCUT2D eigenvalue weighted by molar-refractivity contribution is 7.99. The molecule has 1 amide bonds. The Morgan fingerprint density at radius 2 is 1.85 bits per heavy atom. The van der Waals surface area contributed by atoms with Gasteiger partial charge in [-0.1, -0.05) is 47.4 Å². The summed E-state index contributed by atoms with van der Waals surface area (Å²) in [4.78, 5) is 40.8. The fourth-order valence-corrected chi connectivity index (χ4v) is 4.87. The van der Waals surface area contributed by atoms with Gasteiger partial charge in [0.25, 0.3) is 11.6 Å². The highest BCUT2D eigenvalue weighted by Gasteiger charge is 2.17. The van der Waals surface area contributed by atoms with Crippen LogP contribution in [0.4, 0.5) is 10.8 Å². The molecule has 0 unspecified atom stereocenters. The lowest BCUT2D eigenvalue weighted by molar-refractivity contribution is -0.384. The lowest BCUT2D eigenvalue weighted by Gasteiger charge is -2.10. The molecular formula is C23H14N4O5S2. The van der Waals surface area contributed by atoms with Crippen LogP contribution in [0.15, 0.2) is 76.5 Å². The third kappa shape index (κ3) is 5.20. The Hall–Kier alpha value is -4.27. The SMILES string of the molecule is N#Cc1ccccc1Sc1ccccc1C(=O)OCC(=O)Nc1nc2ccc([N+](=O)[O-])cc2s1. The second-order valence-corrected chi connectivity index (χ2v) is 8.87. The van der Waals surface area contributed by atoms with E-state index in [9.17, 15) is 25.0 Å². The summed E-state index contributed by atoms with van der Waals surface area (Å²) in [5, 5.41) is 23.0. The number of nitro groups is 1. The van der Waals surface area contributed by atoms with Gasteiger partial charge in [-0.3, -0.25) is 20.2 Å². The van der Waals surface area contributed by atoms with Crippen molar-refractivity contribution >= 4 is 56.0 Å². The average molecular weight is 491 g/mol. The number of carbonyl (C=O) groups is 2. The van der Waals surface area contributed by atoms with Crippen molar-refractivity contribution < 1.29 is 19.2 Å². The fraction of sp³-hybridized carbons (Fsp3) is 0.0435. The molecule has 0 radical (unpaired) electrons. The first-order valence-corrected chi connectivity index (χ1v) is 11.4. The molecule has 0 saturated heterocycles. The van der Waals surface area contributed by atoms with Crippen LogP contribution in [0, 0.1) is 21.4 Å². The van der Waals surface area contributed by atoms with E-state index >= 15 is 0 Å². The number of nitro benzene ring substituents is 1. The van der Waals surface area contributed by atoms with Crippen LogP contribution >= 0.6 is 23.1 Å². The van der Waals surface area contributed by atoms with E-state index in [0.717, 1.165) is 11.3 Å². The van der Waals surface area contributed by atoms with Gasteiger partial charge in [0, 0.05) is 21.9 Å². The number of benzene rings is 3. The standard InChI is InChI=1S/C23H14N4O5S2/c24-12-14-5-1-3-7-18(14)33-19-8-4-2-6-16(19)22(29)32-13-21(28)26-23-25-17-10-9-15(27(30)31)11-20(17)34-23/h1-11H,13H2,(H,25,26,28). The van der Waals surface area contributed by atoms with Gasteiger partial charge in [-0.15, -0.1) is 0 Å². The van der Waals surface area contributed by atoms with E-state index in [4.69, 9.17) is 4.74 Å². The van der Waals surface area contributed by atoms with E-state index < -0.39 is 23.4 Å². The quantitative estimate of drug-likeness (QED) is 0.217. The number of amides is 1. The first kappa shape index (κ1) is 22.9. The van der Waals surface area contributed by atoms with Crippen molar-refractivity contribution in [2.45, 2.75) is 9.79 Å². The molecule has 0 bridgehead atoms. The van der Waals surface area contributed by atoms with Gasteiger partial charge in [0.2, 0.25) is 0 Å². The Balaban J connectivity index is 1.41. The highest BCUT2D eigenvalue weighted by atomic mass is 32.2. The maximum absolute atomic E-state index is 12.7. The van der Waals surface area contributed by atoms with Crippen LogP contribution in [0.1, 0.15) is 15.9 Å². The minimum atomic E-state index is -0.687. The molecule has 0 aliphatic carbocycles. The summed E-state index contributed by atoms with van der Waals surface area (Å²) in [7, 11) is 0. The Morgan fingerprint density at radius 3 is 2.62 bits per heavy atom. The predicted molar refractivity (Wildman–Crippen MR) is 127 cm³/mol. The predicted octanol–water partition coefficient (Wildman–Crippen LogP) is 5.02. The van der Waals surface area contributed by atoms with E-state index in [1.165, 1.54) is 30.0 Å². The Morgan fingerprint density at radius 1 is 1.12 bits per heavy atom. The van der Waals surface area contributed by atoms with Crippen LogP contribution in [0.2, 0.25) is 0 Å². The van der Waals surface area contributed by atoms with Crippen LogP contribution in [0.3, 0.4) is 0 Å². The van der Waals surface area contributed by atoms with Crippen LogP contribution in [0.25, 0.3) is 10.2 Å². The molecule has 0 atom stereocenters. The summed E-state index contributed by atoms with van der Waals surface area (Å²) < 4.78 is 5.73. The molecule has 3 aromatic carbocycles. The molecule has 4 rings (SSSR count). The zero-order valence-electron chi connectivity index (χ0n) is 17.3. The van der Waals surface area contributed by atoms with Gasteiger partial charge in [-0.2, -0.15) is 5.26 Å². The van der Waals surface area contributed by atoms with E-state index in [0.29, 0.717) is 25.6 Å². The number of nitrogens with zero attached hydrogens (tertiary/aromatic N) is 3. The van der Waals surface area contributed by atoms with Crippen molar-refractivity contribution in [3.8, 4) is 6.07 Å². The molecule has 0 aliphatic rings. The largest absolute Gasteiger partial charge is 0.452 e. The molecule has 4 aromatic rings. The number of nitriles is 1. The number of anilines is 1. The Kier molecular flexibility index (Phi) is 6.82. The molecule has 11 heteroatoms. The number of rotatable bonds is 7. The van der Waals surface area contributed by atoms with Crippen molar-refractivity contribution in [3.05, 3.63) is 88.0 Å². The molecule has 168 valence electrons. The lowest BCUT2D eigenvalue weighted by atomic mass is 10.2. The topological polar surface area (TPSA) is 135 Å². The number of thiazole rings is 1. The Bertz CT molecular complexity index is 1460. The number of carbonyl (C=O) groups excluding carboxylic acids is 2. The van der Waals surface area contributed by atoms with Crippen molar-refractivity contribution in [1.29, 1.82) is 5.26 Å². The summed E-state index contributed by atoms with van der Waals surface area (Å²) >= 11 is 2.33. The average Bonchev–Trinajstić information content (AvgIpc) is 3.24. The molecular weight excluding hydrogens is 476 g/mol. The summed E-state index contributed by atoms with van der Waals surface area (Å²) in [6.45, 7) is -0.539. The second kappa shape index (κ2) is 10.1. The monoisotopic (exact) mass is 490 g/mol. The number of aromatic nitrogens is 1. The normalized spacial score (nSPS) is 10.4. The van der Waals surface area contributed by atoms with Gasteiger partial charge in [0.05, 0.1) is 26.3 Å². The number of esters is 1. The van der Waals surface area contributed by atoms with Gasteiger partial charge < -0.3 is 4.74 Å². The van der Waals surface area contributed by atoms with Crippen LogP contribution in [-0.4, -0.2) is 28.4 Å². The molecule has 9 nitrogen and oxygen atoms in total. The molecule has 0 fully saturated rings. The maximum atomic E-state index is 12.7. The maximum Gasteiger partial charge on any atom is 0.339 e. The number of nitrogens with one attached hydrogen (secondary N) is 1. The number of non-ortho nitro benzene ring substituents is 1.